The lowest BCUT2D eigenvalue weighted by Gasteiger charge is -2.27. The molecule has 6 heteroatoms. The van der Waals surface area contributed by atoms with Crippen LogP contribution in [0.1, 0.15) is 52.6 Å². The van der Waals surface area contributed by atoms with Crippen molar-refractivity contribution in [2.75, 3.05) is 11.5 Å². The average Bonchev–Trinajstić information content (AvgIpc) is 2.63. The lowest BCUT2D eigenvalue weighted by Crippen LogP contribution is -2.38. The number of hydrogen-bond acceptors (Lipinski definition) is 4. The number of rotatable bonds is 4. The maximum Gasteiger partial charge on any atom is 0.306 e. The molecule has 130 valence electrons. The molecule has 2 fully saturated rings. The molecule has 1 saturated heterocycles. The van der Waals surface area contributed by atoms with Crippen LogP contribution in [0, 0.1) is 5.92 Å². The molecular formula is C18H23NO3S2. The minimum atomic E-state index is -0.714. The molecule has 1 heterocycles. The Balaban J connectivity index is 1.53. The van der Waals surface area contributed by atoms with Gasteiger partial charge >= 0.3 is 5.97 Å². The van der Waals surface area contributed by atoms with Crippen LogP contribution in [0.4, 0.5) is 0 Å². The molecule has 0 atom stereocenters. The van der Waals surface area contributed by atoms with Crippen molar-refractivity contribution in [2.45, 2.75) is 42.7 Å². The topological polar surface area (TPSA) is 66.4 Å². The third-order valence-corrected chi connectivity index (χ3v) is 7.70. The van der Waals surface area contributed by atoms with Gasteiger partial charge in [-0.05, 0) is 61.3 Å². The van der Waals surface area contributed by atoms with Crippen LogP contribution >= 0.6 is 23.5 Å². The van der Waals surface area contributed by atoms with Crippen molar-refractivity contribution >= 4 is 35.4 Å². The van der Waals surface area contributed by atoms with Crippen LogP contribution in [0.25, 0.3) is 0 Å². The van der Waals surface area contributed by atoms with Gasteiger partial charge < -0.3 is 10.4 Å². The first kappa shape index (κ1) is 17.7. The first-order valence-electron chi connectivity index (χ1n) is 8.50. The summed E-state index contributed by atoms with van der Waals surface area (Å²) in [6, 6.07) is 8.03. The Bertz CT molecular complexity index is 576. The number of carboxylic acids is 1. The molecular weight excluding hydrogens is 342 g/mol. The Kier molecular flexibility index (Phi) is 6.11. The Hall–Kier alpha value is -1.14. The van der Waals surface area contributed by atoms with Gasteiger partial charge in [0.2, 0.25) is 0 Å². The molecule has 24 heavy (non-hydrogen) atoms. The fraction of sp³-hybridized carbons (Fsp3) is 0.556. The quantitative estimate of drug-likeness (QED) is 0.846. The number of nitrogens with one attached hydrogen (secondary N) is 1. The lowest BCUT2D eigenvalue weighted by atomic mass is 9.86. The highest BCUT2D eigenvalue weighted by atomic mass is 32.2. The van der Waals surface area contributed by atoms with E-state index in [0.717, 1.165) is 12.8 Å². The number of carbonyl (C=O) groups excluding carboxylic acids is 1. The Morgan fingerprint density at radius 2 is 1.62 bits per heavy atom. The summed E-state index contributed by atoms with van der Waals surface area (Å²) in [5.41, 5.74) is 1.97. The van der Waals surface area contributed by atoms with Crippen LogP contribution in [-0.2, 0) is 4.79 Å². The van der Waals surface area contributed by atoms with E-state index in [-0.39, 0.29) is 17.9 Å². The summed E-state index contributed by atoms with van der Waals surface area (Å²) in [4.78, 5) is 23.4. The summed E-state index contributed by atoms with van der Waals surface area (Å²) in [5, 5.41) is 12.1. The molecule has 0 bridgehead atoms. The first-order chi connectivity index (χ1) is 11.6. The normalized spacial score (nSPS) is 25.2. The summed E-state index contributed by atoms with van der Waals surface area (Å²) < 4.78 is 0.488. The van der Waals surface area contributed by atoms with Gasteiger partial charge in [-0.1, -0.05) is 12.1 Å². The largest absolute Gasteiger partial charge is 0.481 e. The molecule has 0 spiro atoms. The summed E-state index contributed by atoms with van der Waals surface area (Å²) in [7, 11) is 0. The van der Waals surface area contributed by atoms with E-state index >= 15 is 0 Å². The molecule has 3 rings (SSSR count). The molecule has 1 amide bonds. The van der Waals surface area contributed by atoms with Gasteiger partial charge in [-0.15, -0.1) is 23.5 Å². The van der Waals surface area contributed by atoms with Crippen molar-refractivity contribution in [3.63, 3.8) is 0 Å². The Morgan fingerprint density at radius 1 is 1.00 bits per heavy atom. The van der Waals surface area contributed by atoms with E-state index in [1.165, 1.54) is 23.5 Å². The molecule has 2 aliphatic rings. The van der Waals surface area contributed by atoms with Crippen molar-refractivity contribution in [1.29, 1.82) is 0 Å². The van der Waals surface area contributed by atoms with Gasteiger partial charge in [0, 0.05) is 11.6 Å². The van der Waals surface area contributed by atoms with Crippen molar-refractivity contribution in [1.82, 2.24) is 5.32 Å². The van der Waals surface area contributed by atoms with Gasteiger partial charge in [0.15, 0.2) is 0 Å². The highest BCUT2D eigenvalue weighted by Gasteiger charge is 2.27. The van der Waals surface area contributed by atoms with Crippen molar-refractivity contribution in [2.24, 2.45) is 5.92 Å². The standard InChI is InChI=1S/C18H23NO3S2/c20-16(19-15-8-6-13(7-9-15)17(21)22)12-2-4-14(5-3-12)18-23-10-1-11-24-18/h2-5,13,15,18H,1,6-11H2,(H,19,20)(H,21,22). The molecule has 0 radical (unpaired) electrons. The highest BCUT2D eigenvalue weighted by molar-refractivity contribution is 8.16. The summed E-state index contributed by atoms with van der Waals surface area (Å²) in [6.07, 6.45) is 4.06. The van der Waals surface area contributed by atoms with E-state index in [1.807, 2.05) is 35.7 Å². The summed E-state index contributed by atoms with van der Waals surface area (Å²) in [6.45, 7) is 0. The van der Waals surface area contributed by atoms with Gasteiger partial charge in [0.25, 0.3) is 5.91 Å². The Labute approximate surface area is 151 Å². The van der Waals surface area contributed by atoms with E-state index < -0.39 is 5.97 Å². The number of benzene rings is 1. The molecule has 1 saturated carbocycles. The molecule has 4 nitrogen and oxygen atoms in total. The third kappa shape index (κ3) is 4.48. The van der Waals surface area contributed by atoms with Crippen LogP contribution in [-0.4, -0.2) is 34.5 Å². The van der Waals surface area contributed by atoms with E-state index in [9.17, 15) is 9.59 Å². The zero-order valence-corrected chi connectivity index (χ0v) is 15.2. The second-order valence-electron chi connectivity index (χ2n) is 6.41. The predicted molar refractivity (Wildman–Crippen MR) is 99.6 cm³/mol. The fourth-order valence-corrected chi connectivity index (χ4v) is 6.12. The molecule has 0 unspecified atom stereocenters. The first-order valence-corrected chi connectivity index (χ1v) is 10.6. The van der Waals surface area contributed by atoms with E-state index in [1.54, 1.807) is 0 Å². The minimum absolute atomic E-state index is 0.0516. The molecule has 2 N–H and O–H groups in total. The van der Waals surface area contributed by atoms with E-state index in [0.29, 0.717) is 23.0 Å². The van der Waals surface area contributed by atoms with Gasteiger partial charge in [-0.3, -0.25) is 9.59 Å². The highest BCUT2D eigenvalue weighted by Crippen LogP contribution is 2.43. The number of thioether (sulfide) groups is 2. The predicted octanol–water partition coefficient (Wildman–Crippen LogP) is 3.93. The SMILES string of the molecule is O=C(NC1CCC(C(=O)O)CC1)c1ccc(C2SCCCS2)cc1. The van der Waals surface area contributed by atoms with Gasteiger partial charge in [0.1, 0.15) is 0 Å². The summed E-state index contributed by atoms with van der Waals surface area (Å²) in [5.74, 6) is 1.40. The molecule has 1 aromatic rings. The Morgan fingerprint density at radius 3 is 2.21 bits per heavy atom. The molecule has 1 aromatic carbocycles. The lowest BCUT2D eigenvalue weighted by molar-refractivity contribution is -0.142. The monoisotopic (exact) mass is 365 g/mol. The van der Waals surface area contributed by atoms with Crippen LogP contribution in [0.2, 0.25) is 0 Å². The smallest absolute Gasteiger partial charge is 0.306 e. The average molecular weight is 366 g/mol. The minimum Gasteiger partial charge on any atom is -0.481 e. The van der Waals surface area contributed by atoms with E-state index in [4.69, 9.17) is 5.11 Å². The molecule has 1 aliphatic carbocycles. The fourth-order valence-electron chi connectivity index (χ4n) is 3.23. The number of aliphatic carboxylic acids is 1. The maximum atomic E-state index is 12.4. The van der Waals surface area contributed by atoms with Crippen LogP contribution < -0.4 is 5.32 Å². The maximum absolute atomic E-state index is 12.4. The zero-order valence-electron chi connectivity index (χ0n) is 13.6. The second kappa shape index (κ2) is 8.30. The van der Waals surface area contributed by atoms with Gasteiger partial charge in [-0.25, -0.2) is 0 Å². The van der Waals surface area contributed by atoms with E-state index in [2.05, 4.69) is 17.4 Å². The van der Waals surface area contributed by atoms with Crippen molar-refractivity contribution < 1.29 is 14.7 Å². The van der Waals surface area contributed by atoms with Crippen LogP contribution in [0.3, 0.4) is 0 Å². The van der Waals surface area contributed by atoms with Crippen LogP contribution in [0.15, 0.2) is 24.3 Å². The third-order valence-electron chi connectivity index (χ3n) is 4.68. The van der Waals surface area contributed by atoms with Gasteiger partial charge in [0.05, 0.1) is 10.5 Å². The molecule has 0 aromatic heterocycles. The van der Waals surface area contributed by atoms with Gasteiger partial charge in [-0.2, -0.15) is 0 Å². The van der Waals surface area contributed by atoms with Crippen LogP contribution in [0.5, 0.6) is 0 Å². The number of hydrogen-bond donors (Lipinski definition) is 2. The second-order valence-corrected chi connectivity index (χ2v) is 9.13. The number of carbonyl (C=O) groups is 2. The zero-order chi connectivity index (χ0) is 16.9. The van der Waals surface area contributed by atoms with Crippen molar-refractivity contribution in [3.8, 4) is 0 Å². The number of carboxylic acid groups (broad SMARTS) is 1. The molecule has 1 aliphatic heterocycles. The van der Waals surface area contributed by atoms with Crippen molar-refractivity contribution in [3.05, 3.63) is 35.4 Å². The summed E-state index contributed by atoms with van der Waals surface area (Å²) >= 11 is 3.95. The number of amides is 1.